The van der Waals surface area contributed by atoms with E-state index in [2.05, 4.69) is 76.6 Å². The fourth-order valence-electron chi connectivity index (χ4n) is 1.51. The zero-order valence-corrected chi connectivity index (χ0v) is 13.7. The molecule has 0 aliphatic heterocycles. The molecule has 0 aromatic rings. The van der Waals surface area contributed by atoms with Crippen molar-refractivity contribution in [1.82, 2.24) is 9.44 Å². The average molecular weight is 281 g/mol. The maximum atomic E-state index is 6.00. The van der Waals surface area contributed by atoms with Crippen molar-refractivity contribution in [3.05, 3.63) is 0 Å². The first-order valence-corrected chi connectivity index (χ1v) is 6.99. The van der Waals surface area contributed by atoms with Gasteiger partial charge in [-0.05, 0) is 47.0 Å². The number of hydrogen-bond acceptors (Lipinski definition) is 5. The molecule has 2 N–H and O–H groups in total. The summed E-state index contributed by atoms with van der Waals surface area (Å²) in [5.74, 6) is 0.388. The lowest BCUT2D eigenvalue weighted by atomic mass is 9.90. The Bertz CT molecular complexity index is 223. The molecule has 0 fully saturated rings. The first kappa shape index (κ1) is 17.6. The standard InChI is InChI=1S/C12H28N2OS2/c1-9(12(5,6)14-17)8-15-11(3,4)7-10(2)13-16/h9-10,13-14,16-17H,7-8H2,1-6H3. The van der Waals surface area contributed by atoms with E-state index >= 15 is 0 Å². The summed E-state index contributed by atoms with van der Waals surface area (Å²) < 4.78 is 12.0. The molecule has 104 valence electrons. The van der Waals surface area contributed by atoms with E-state index in [0.717, 1.165) is 6.42 Å². The summed E-state index contributed by atoms with van der Waals surface area (Å²) in [5.41, 5.74) is -0.178. The number of nitrogens with one attached hydrogen (secondary N) is 2. The summed E-state index contributed by atoms with van der Waals surface area (Å²) in [6.07, 6.45) is 0.929. The fraction of sp³-hybridized carbons (Fsp3) is 1.00. The molecule has 0 saturated carbocycles. The van der Waals surface area contributed by atoms with Crippen LogP contribution in [0.5, 0.6) is 0 Å². The highest BCUT2D eigenvalue weighted by Gasteiger charge is 2.28. The van der Waals surface area contributed by atoms with E-state index in [0.29, 0.717) is 18.6 Å². The third-order valence-electron chi connectivity index (χ3n) is 3.26. The first-order chi connectivity index (χ1) is 7.64. The summed E-state index contributed by atoms with van der Waals surface area (Å²) in [6, 6.07) is 0.333. The number of ether oxygens (including phenoxy) is 1. The summed E-state index contributed by atoms with van der Waals surface area (Å²) in [5, 5.41) is 0. The summed E-state index contributed by atoms with van der Waals surface area (Å²) >= 11 is 8.22. The van der Waals surface area contributed by atoms with Gasteiger partial charge in [-0.25, -0.2) is 0 Å². The molecule has 0 radical (unpaired) electrons. The number of thiol groups is 2. The van der Waals surface area contributed by atoms with Crippen molar-refractivity contribution in [2.75, 3.05) is 6.61 Å². The largest absolute Gasteiger partial charge is 0.375 e. The Balaban J connectivity index is 4.17. The predicted octanol–water partition coefficient (Wildman–Crippen LogP) is 2.84. The van der Waals surface area contributed by atoms with E-state index in [1.54, 1.807) is 0 Å². The second kappa shape index (κ2) is 7.24. The molecule has 0 heterocycles. The Hall–Kier alpha value is 0.580. The zero-order valence-electron chi connectivity index (χ0n) is 11.9. The third kappa shape index (κ3) is 6.91. The van der Waals surface area contributed by atoms with Crippen LogP contribution in [0.4, 0.5) is 0 Å². The molecule has 0 aliphatic rings. The van der Waals surface area contributed by atoms with Crippen LogP contribution in [0.3, 0.4) is 0 Å². The van der Waals surface area contributed by atoms with Crippen LogP contribution >= 0.6 is 25.6 Å². The maximum absolute atomic E-state index is 6.00. The minimum atomic E-state index is -0.143. The van der Waals surface area contributed by atoms with Gasteiger partial charge in [0, 0.05) is 11.6 Å². The van der Waals surface area contributed by atoms with Crippen molar-refractivity contribution >= 4 is 25.6 Å². The van der Waals surface area contributed by atoms with Crippen LogP contribution in [0.1, 0.15) is 48.0 Å². The van der Waals surface area contributed by atoms with Gasteiger partial charge in [0.25, 0.3) is 0 Å². The van der Waals surface area contributed by atoms with Crippen LogP contribution in [0.2, 0.25) is 0 Å². The topological polar surface area (TPSA) is 33.3 Å². The highest BCUT2D eigenvalue weighted by Crippen LogP contribution is 2.22. The molecule has 2 atom stereocenters. The predicted molar refractivity (Wildman–Crippen MR) is 81.6 cm³/mol. The van der Waals surface area contributed by atoms with Gasteiger partial charge in [-0.2, -0.15) is 0 Å². The van der Waals surface area contributed by atoms with E-state index in [4.69, 9.17) is 4.74 Å². The maximum Gasteiger partial charge on any atom is 0.0641 e. The molecule has 0 spiro atoms. The lowest BCUT2D eigenvalue weighted by molar-refractivity contribution is -0.0507. The molecule has 0 saturated heterocycles. The van der Waals surface area contributed by atoms with Crippen molar-refractivity contribution < 1.29 is 4.74 Å². The third-order valence-corrected chi connectivity index (χ3v) is 4.28. The highest BCUT2D eigenvalue weighted by atomic mass is 32.1. The molecule has 5 heteroatoms. The van der Waals surface area contributed by atoms with Crippen molar-refractivity contribution in [2.45, 2.75) is 65.1 Å². The van der Waals surface area contributed by atoms with Gasteiger partial charge in [0.05, 0.1) is 12.2 Å². The van der Waals surface area contributed by atoms with Crippen molar-refractivity contribution in [1.29, 1.82) is 0 Å². The average Bonchev–Trinajstić information content (AvgIpc) is 2.25. The second-order valence-corrected chi connectivity index (χ2v) is 6.52. The monoisotopic (exact) mass is 280 g/mol. The van der Waals surface area contributed by atoms with Gasteiger partial charge in [-0.3, -0.25) is 9.44 Å². The van der Waals surface area contributed by atoms with Gasteiger partial charge in [-0.1, -0.05) is 32.6 Å². The van der Waals surface area contributed by atoms with Gasteiger partial charge >= 0.3 is 0 Å². The number of hydrogen-bond donors (Lipinski definition) is 4. The van der Waals surface area contributed by atoms with Crippen LogP contribution in [-0.2, 0) is 4.74 Å². The fourth-order valence-corrected chi connectivity index (χ4v) is 1.82. The SMILES string of the molecule is CC(CC(C)(C)OCC(C)C(C)(C)NS)NS. The minimum Gasteiger partial charge on any atom is -0.375 e. The molecular formula is C12H28N2OS2. The van der Waals surface area contributed by atoms with Gasteiger partial charge in [0.15, 0.2) is 0 Å². The highest BCUT2D eigenvalue weighted by molar-refractivity contribution is 7.78. The lowest BCUT2D eigenvalue weighted by Crippen LogP contribution is -2.44. The van der Waals surface area contributed by atoms with E-state index in [9.17, 15) is 0 Å². The van der Waals surface area contributed by atoms with Crippen LogP contribution in [0, 0.1) is 5.92 Å². The molecule has 0 bridgehead atoms. The van der Waals surface area contributed by atoms with Crippen molar-refractivity contribution in [2.24, 2.45) is 5.92 Å². The Labute approximate surface area is 118 Å². The quantitative estimate of drug-likeness (QED) is 0.516. The lowest BCUT2D eigenvalue weighted by Gasteiger charge is -2.35. The van der Waals surface area contributed by atoms with E-state index in [-0.39, 0.29) is 11.1 Å². The van der Waals surface area contributed by atoms with Crippen LogP contribution in [0.15, 0.2) is 0 Å². The van der Waals surface area contributed by atoms with E-state index in [1.165, 1.54) is 0 Å². The van der Waals surface area contributed by atoms with Crippen molar-refractivity contribution in [3.8, 4) is 0 Å². The van der Waals surface area contributed by atoms with Crippen LogP contribution in [0.25, 0.3) is 0 Å². The number of rotatable bonds is 8. The second-order valence-electron chi connectivity index (χ2n) is 6.04. The Morgan fingerprint density at radius 1 is 1.12 bits per heavy atom. The molecule has 17 heavy (non-hydrogen) atoms. The van der Waals surface area contributed by atoms with Crippen molar-refractivity contribution in [3.63, 3.8) is 0 Å². The van der Waals surface area contributed by atoms with Crippen LogP contribution < -0.4 is 9.44 Å². The normalized spacial score (nSPS) is 16.9. The van der Waals surface area contributed by atoms with E-state index in [1.807, 2.05) is 0 Å². The Morgan fingerprint density at radius 3 is 2.06 bits per heavy atom. The summed E-state index contributed by atoms with van der Waals surface area (Å²) in [4.78, 5) is 0. The van der Waals surface area contributed by atoms with Crippen LogP contribution in [-0.4, -0.2) is 23.8 Å². The van der Waals surface area contributed by atoms with Gasteiger partial charge in [0.2, 0.25) is 0 Å². The molecule has 2 unspecified atom stereocenters. The Kier molecular flexibility index (Phi) is 7.49. The zero-order chi connectivity index (χ0) is 13.7. The molecule has 0 aromatic heterocycles. The molecule has 3 nitrogen and oxygen atoms in total. The smallest absolute Gasteiger partial charge is 0.0641 e. The summed E-state index contributed by atoms with van der Waals surface area (Å²) in [6.45, 7) is 13.5. The molecule has 0 aromatic carbocycles. The first-order valence-electron chi connectivity index (χ1n) is 6.09. The van der Waals surface area contributed by atoms with Gasteiger partial charge in [-0.15, -0.1) is 0 Å². The van der Waals surface area contributed by atoms with Gasteiger partial charge < -0.3 is 4.74 Å². The molecular weight excluding hydrogens is 252 g/mol. The Morgan fingerprint density at radius 2 is 1.65 bits per heavy atom. The molecule has 0 aliphatic carbocycles. The summed E-state index contributed by atoms with van der Waals surface area (Å²) in [7, 11) is 0. The van der Waals surface area contributed by atoms with E-state index < -0.39 is 0 Å². The molecule has 0 amide bonds. The van der Waals surface area contributed by atoms with Gasteiger partial charge in [0.1, 0.15) is 0 Å². The minimum absolute atomic E-state index is 0.0351. The molecule has 0 rings (SSSR count).